The Morgan fingerprint density at radius 3 is 2.29 bits per heavy atom. The van der Waals surface area contributed by atoms with Crippen molar-refractivity contribution >= 4 is 34.7 Å². The highest BCUT2D eigenvalue weighted by Crippen LogP contribution is 2.35. The Kier molecular flexibility index (Phi) is 3.70. The number of nitrogens with zero attached hydrogens (tertiary/aromatic N) is 2. The molecular formula is C20H21BN2O. The van der Waals surface area contributed by atoms with Gasteiger partial charge in [0, 0.05) is 30.9 Å². The van der Waals surface area contributed by atoms with E-state index in [2.05, 4.69) is 91.5 Å². The van der Waals surface area contributed by atoms with Crippen molar-refractivity contribution in [1.29, 1.82) is 0 Å². The van der Waals surface area contributed by atoms with Gasteiger partial charge in [-0.3, -0.25) is 0 Å². The first-order chi connectivity index (χ1) is 11.7. The number of benzene rings is 3. The lowest BCUT2D eigenvalue weighted by Crippen LogP contribution is -2.45. The van der Waals surface area contributed by atoms with E-state index in [1.54, 1.807) is 0 Å². The monoisotopic (exact) mass is 316 g/mol. The molecule has 0 aliphatic carbocycles. The van der Waals surface area contributed by atoms with Crippen LogP contribution < -0.4 is 15.2 Å². The lowest BCUT2D eigenvalue weighted by atomic mass is 9.71. The van der Waals surface area contributed by atoms with Crippen LogP contribution in [0.3, 0.4) is 0 Å². The number of rotatable bonds is 3. The molecule has 3 nitrogen and oxygen atoms in total. The molecule has 0 fully saturated rings. The summed E-state index contributed by atoms with van der Waals surface area (Å²) in [7, 11) is 6.26. The molecule has 0 aromatic heterocycles. The van der Waals surface area contributed by atoms with Gasteiger partial charge in [0.05, 0.1) is 6.61 Å². The molecule has 0 saturated carbocycles. The van der Waals surface area contributed by atoms with Gasteiger partial charge in [0.1, 0.15) is 0 Å². The summed E-state index contributed by atoms with van der Waals surface area (Å²) in [5.74, 6) is 0. The Morgan fingerprint density at radius 2 is 1.54 bits per heavy atom. The van der Waals surface area contributed by atoms with Gasteiger partial charge in [-0.15, -0.1) is 0 Å². The number of hydrogen-bond acceptors (Lipinski definition) is 3. The maximum absolute atomic E-state index is 6.10. The summed E-state index contributed by atoms with van der Waals surface area (Å²) in [5, 5.41) is 2.51. The molecule has 24 heavy (non-hydrogen) atoms. The summed E-state index contributed by atoms with van der Waals surface area (Å²) in [6, 6.07) is 21.4. The predicted molar refractivity (Wildman–Crippen MR) is 103 cm³/mol. The van der Waals surface area contributed by atoms with Gasteiger partial charge in [0.2, 0.25) is 0 Å². The van der Waals surface area contributed by atoms with E-state index in [1.807, 2.05) is 0 Å². The standard InChI is InChI=1S/C20H21BN2O/c1-22(2)18-12-6-9-15-10-7-13-19(20(15)18)23(3)21-17-11-5-4-8-16(17)14-24-21/h4-13H,14H2,1-3H3. The highest BCUT2D eigenvalue weighted by molar-refractivity contribution is 6.72. The van der Waals surface area contributed by atoms with E-state index in [-0.39, 0.29) is 7.05 Å². The molecule has 0 spiro atoms. The molecule has 4 heteroatoms. The summed E-state index contributed by atoms with van der Waals surface area (Å²) in [6.07, 6.45) is 0. The van der Waals surface area contributed by atoms with E-state index < -0.39 is 0 Å². The molecule has 3 aromatic rings. The van der Waals surface area contributed by atoms with E-state index in [1.165, 1.54) is 33.2 Å². The Hall–Kier alpha value is -2.46. The van der Waals surface area contributed by atoms with Crippen molar-refractivity contribution in [2.45, 2.75) is 6.61 Å². The van der Waals surface area contributed by atoms with Gasteiger partial charge in [-0.1, -0.05) is 48.5 Å². The van der Waals surface area contributed by atoms with Crippen molar-refractivity contribution in [2.75, 3.05) is 30.9 Å². The number of hydrogen-bond donors (Lipinski definition) is 0. The second kappa shape index (κ2) is 5.88. The minimum Gasteiger partial charge on any atom is -0.409 e. The third-order valence-electron chi connectivity index (χ3n) is 4.79. The van der Waals surface area contributed by atoms with Gasteiger partial charge in [0.25, 0.3) is 0 Å². The predicted octanol–water partition coefficient (Wildman–Crippen LogP) is 3.27. The van der Waals surface area contributed by atoms with Crippen LogP contribution in [0.5, 0.6) is 0 Å². The van der Waals surface area contributed by atoms with Crippen LogP contribution in [0.1, 0.15) is 5.56 Å². The average molecular weight is 316 g/mol. The number of fused-ring (bicyclic) bond motifs is 2. The molecular weight excluding hydrogens is 295 g/mol. The van der Waals surface area contributed by atoms with Gasteiger partial charge in [-0.2, -0.15) is 0 Å². The molecule has 1 aliphatic heterocycles. The molecule has 120 valence electrons. The smallest absolute Gasteiger partial charge is 0.409 e. The fourth-order valence-corrected chi connectivity index (χ4v) is 3.58. The maximum Gasteiger partial charge on any atom is 0.452 e. The fraction of sp³-hybridized carbons (Fsp3) is 0.200. The molecule has 0 bridgehead atoms. The largest absolute Gasteiger partial charge is 0.452 e. The van der Waals surface area contributed by atoms with Crippen LogP contribution in [0, 0.1) is 0 Å². The van der Waals surface area contributed by atoms with Crippen molar-refractivity contribution in [1.82, 2.24) is 0 Å². The number of anilines is 2. The van der Waals surface area contributed by atoms with Crippen molar-refractivity contribution in [3.05, 3.63) is 66.2 Å². The molecule has 0 N–H and O–H groups in total. The molecule has 4 rings (SSSR count). The van der Waals surface area contributed by atoms with E-state index in [0.717, 1.165) is 0 Å². The van der Waals surface area contributed by atoms with Gasteiger partial charge in [0.15, 0.2) is 0 Å². The van der Waals surface area contributed by atoms with Gasteiger partial charge in [-0.05, 0) is 35.6 Å². The van der Waals surface area contributed by atoms with E-state index >= 15 is 0 Å². The normalized spacial score (nSPS) is 13.2. The summed E-state index contributed by atoms with van der Waals surface area (Å²) in [4.78, 5) is 4.42. The molecule has 1 heterocycles. The van der Waals surface area contributed by atoms with E-state index in [9.17, 15) is 0 Å². The highest BCUT2D eigenvalue weighted by atomic mass is 16.4. The summed E-state index contributed by atoms with van der Waals surface area (Å²) in [6.45, 7) is 0.677. The zero-order valence-electron chi connectivity index (χ0n) is 14.4. The van der Waals surface area contributed by atoms with Gasteiger partial charge >= 0.3 is 7.05 Å². The van der Waals surface area contributed by atoms with Crippen LogP contribution in [0.25, 0.3) is 10.8 Å². The maximum atomic E-state index is 6.10. The molecule has 0 amide bonds. The van der Waals surface area contributed by atoms with Crippen molar-refractivity contribution in [3.63, 3.8) is 0 Å². The third kappa shape index (κ3) is 2.34. The Morgan fingerprint density at radius 1 is 0.833 bits per heavy atom. The first kappa shape index (κ1) is 15.1. The van der Waals surface area contributed by atoms with Crippen LogP contribution in [-0.4, -0.2) is 28.2 Å². The van der Waals surface area contributed by atoms with Crippen LogP contribution in [0.4, 0.5) is 11.4 Å². The van der Waals surface area contributed by atoms with Crippen LogP contribution in [0.15, 0.2) is 60.7 Å². The second-order valence-corrected chi connectivity index (χ2v) is 6.52. The second-order valence-electron chi connectivity index (χ2n) is 6.52. The Bertz CT molecular complexity index is 888. The van der Waals surface area contributed by atoms with Crippen LogP contribution >= 0.6 is 0 Å². The van der Waals surface area contributed by atoms with Crippen LogP contribution in [-0.2, 0) is 11.3 Å². The lowest BCUT2D eigenvalue weighted by molar-refractivity contribution is 0.329. The van der Waals surface area contributed by atoms with Crippen molar-refractivity contribution in [2.24, 2.45) is 0 Å². The first-order valence-electron chi connectivity index (χ1n) is 8.28. The minimum absolute atomic E-state index is 0.0398. The van der Waals surface area contributed by atoms with Gasteiger partial charge in [-0.25, -0.2) is 0 Å². The van der Waals surface area contributed by atoms with Gasteiger partial charge < -0.3 is 14.4 Å². The quantitative estimate of drug-likeness (QED) is 0.690. The van der Waals surface area contributed by atoms with Crippen molar-refractivity contribution < 1.29 is 4.65 Å². The van der Waals surface area contributed by atoms with Crippen molar-refractivity contribution in [3.8, 4) is 0 Å². The zero-order chi connectivity index (χ0) is 16.7. The Balaban J connectivity index is 1.85. The molecule has 0 atom stereocenters. The summed E-state index contributed by atoms with van der Waals surface area (Å²) in [5.41, 5.74) is 4.96. The molecule has 0 unspecified atom stereocenters. The van der Waals surface area contributed by atoms with E-state index in [4.69, 9.17) is 4.65 Å². The molecule has 1 aliphatic rings. The minimum atomic E-state index is -0.0398. The summed E-state index contributed by atoms with van der Waals surface area (Å²) < 4.78 is 6.10. The van der Waals surface area contributed by atoms with E-state index in [0.29, 0.717) is 6.61 Å². The highest BCUT2D eigenvalue weighted by Gasteiger charge is 2.33. The molecule has 0 radical (unpaired) electrons. The average Bonchev–Trinajstić information content (AvgIpc) is 3.04. The topological polar surface area (TPSA) is 15.7 Å². The SMILES string of the molecule is CN(C)c1cccc2cccc(N(C)B3OCc4ccccc43)c12. The third-order valence-corrected chi connectivity index (χ3v) is 4.79. The van der Waals surface area contributed by atoms with Crippen LogP contribution in [0.2, 0.25) is 0 Å². The lowest BCUT2D eigenvalue weighted by Gasteiger charge is -2.27. The molecule has 3 aromatic carbocycles. The summed E-state index contributed by atoms with van der Waals surface area (Å²) >= 11 is 0. The zero-order valence-corrected chi connectivity index (χ0v) is 14.4. The first-order valence-corrected chi connectivity index (χ1v) is 8.28. The Labute approximate surface area is 143 Å². The fourth-order valence-electron chi connectivity index (χ4n) is 3.58. The molecule has 0 saturated heterocycles.